The Morgan fingerprint density at radius 3 is 2.39 bits per heavy atom. The van der Waals surface area contributed by atoms with Gasteiger partial charge < -0.3 is 10.2 Å². The van der Waals surface area contributed by atoms with Crippen LogP contribution in [0, 0.1) is 0 Å². The number of phenols is 1. The van der Waals surface area contributed by atoms with Crippen molar-refractivity contribution in [2.24, 2.45) is 0 Å². The maximum atomic E-state index is 11.6. The molecule has 0 heterocycles. The van der Waals surface area contributed by atoms with Crippen LogP contribution < -0.4 is 0 Å². The van der Waals surface area contributed by atoms with Gasteiger partial charge in [-0.05, 0) is 77.8 Å². The van der Waals surface area contributed by atoms with Gasteiger partial charge in [-0.1, -0.05) is 55.5 Å². The molecule has 3 heteroatoms. The van der Waals surface area contributed by atoms with Gasteiger partial charge in [0, 0.05) is 5.57 Å². The lowest BCUT2D eigenvalue weighted by molar-refractivity contribution is -0.132. The van der Waals surface area contributed by atoms with Crippen LogP contribution in [0.3, 0.4) is 0 Å². The number of hydrogen-bond acceptors (Lipinski definition) is 2. The van der Waals surface area contributed by atoms with E-state index in [4.69, 9.17) is 0 Å². The highest BCUT2D eigenvalue weighted by atomic mass is 16.4. The first-order valence-corrected chi connectivity index (χ1v) is 9.73. The highest BCUT2D eigenvalue weighted by Crippen LogP contribution is 2.33. The molecule has 28 heavy (non-hydrogen) atoms. The molecule has 0 amide bonds. The second kappa shape index (κ2) is 8.75. The van der Waals surface area contributed by atoms with Crippen molar-refractivity contribution in [2.75, 3.05) is 0 Å². The predicted molar refractivity (Wildman–Crippen MR) is 115 cm³/mol. The molecule has 0 aliphatic rings. The van der Waals surface area contributed by atoms with Gasteiger partial charge in [-0.3, -0.25) is 0 Å². The number of carboxylic acid groups (broad SMARTS) is 1. The first kappa shape index (κ1) is 19.7. The summed E-state index contributed by atoms with van der Waals surface area (Å²) in [5.74, 6) is -0.638. The average Bonchev–Trinajstić information content (AvgIpc) is 2.70. The Morgan fingerprint density at radius 1 is 0.964 bits per heavy atom. The van der Waals surface area contributed by atoms with E-state index in [1.807, 2.05) is 31.2 Å². The van der Waals surface area contributed by atoms with Gasteiger partial charge in [-0.2, -0.15) is 0 Å². The zero-order valence-electron chi connectivity index (χ0n) is 16.4. The maximum Gasteiger partial charge on any atom is 0.331 e. The molecule has 0 atom stereocenters. The summed E-state index contributed by atoms with van der Waals surface area (Å²) >= 11 is 0. The van der Waals surface area contributed by atoms with E-state index in [1.54, 1.807) is 19.1 Å². The maximum absolute atomic E-state index is 11.6. The number of rotatable bonds is 7. The molecule has 0 aliphatic carbocycles. The van der Waals surface area contributed by atoms with Gasteiger partial charge in [0.05, 0.1) is 0 Å². The summed E-state index contributed by atoms with van der Waals surface area (Å²) in [5.41, 5.74) is 4.73. The molecule has 0 bridgehead atoms. The third kappa shape index (κ3) is 4.25. The van der Waals surface area contributed by atoms with Gasteiger partial charge in [0.25, 0.3) is 0 Å². The van der Waals surface area contributed by atoms with E-state index in [2.05, 4.69) is 24.3 Å². The fourth-order valence-electron chi connectivity index (χ4n) is 3.83. The highest BCUT2D eigenvalue weighted by molar-refractivity contribution is 5.99. The van der Waals surface area contributed by atoms with Crippen molar-refractivity contribution in [2.45, 2.75) is 39.5 Å². The van der Waals surface area contributed by atoms with Gasteiger partial charge in [0.1, 0.15) is 5.75 Å². The van der Waals surface area contributed by atoms with Crippen LogP contribution in [0.5, 0.6) is 5.75 Å². The predicted octanol–water partition coefficient (Wildman–Crippen LogP) is 5.99. The summed E-state index contributed by atoms with van der Waals surface area (Å²) in [6, 6.07) is 19.8. The number of aryl methyl sites for hydroxylation is 2. The zero-order chi connectivity index (χ0) is 20.1. The number of hydrogen-bond donors (Lipinski definition) is 2. The minimum atomic E-state index is -0.877. The number of carbonyl (C=O) groups is 1. The van der Waals surface area contributed by atoms with Gasteiger partial charge in [-0.15, -0.1) is 0 Å². The number of fused-ring (bicyclic) bond motifs is 1. The molecule has 0 saturated heterocycles. The largest absolute Gasteiger partial charge is 0.508 e. The monoisotopic (exact) mass is 374 g/mol. The number of allylic oxidation sites excluding steroid dienone is 1. The lowest BCUT2D eigenvalue weighted by atomic mass is 9.87. The minimum absolute atomic E-state index is 0.239. The molecule has 0 spiro atoms. The molecule has 0 saturated carbocycles. The molecule has 3 aromatic rings. The zero-order valence-corrected chi connectivity index (χ0v) is 16.4. The molecule has 3 nitrogen and oxygen atoms in total. The van der Waals surface area contributed by atoms with E-state index in [-0.39, 0.29) is 5.75 Å². The Morgan fingerprint density at radius 2 is 1.71 bits per heavy atom. The molecule has 0 radical (unpaired) electrons. The van der Waals surface area contributed by atoms with Crippen molar-refractivity contribution in [1.29, 1.82) is 0 Å². The SMILES string of the molecule is CC/C(=C(/C)C(=O)O)c1ccc2cc(O)ccc2c1CCCc1ccccc1. The summed E-state index contributed by atoms with van der Waals surface area (Å²) in [4.78, 5) is 11.6. The quantitative estimate of drug-likeness (QED) is 0.500. The van der Waals surface area contributed by atoms with Gasteiger partial charge in [0.2, 0.25) is 0 Å². The molecule has 3 aromatic carbocycles. The molecule has 0 fully saturated rings. The second-order valence-electron chi connectivity index (χ2n) is 7.10. The Labute approximate surface area is 166 Å². The molecule has 0 aromatic heterocycles. The van der Waals surface area contributed by atoms with E-state index >= 15 is 0 Å². The summed E-state index contributed by atoms with van der Waals surface area (Å²) in [6.07, 6.45) is 3.45. The van der Waals surface area contributed by atoms with Crippen molar-refractivity contribution < 1.29 is 15.0 Å². The molecule has 144 valence electrons. The smallest absolute Gasteiger partial charge is 0.331 e. The van der Waals surface area contributed by atoms with Crippen LogP contribution in [0.4, 0.5) is 0 Å². The number of aromatic hydroxyl groups is 1. The highest BCUT2D eigenvalue weighted by Gasteiger charge is 2.16. The first-order valence-electron chi connectivity index (χ1n) is 9.73. The van der Waals surface area contributed by atoms with Crippen LogP contribution in [0.1, 0.15) is 43.4 Å². The molecular weight excluding hydrogens is 348 g/mol. The fraction of sp³-hybridized carbons (Fsp3) is 0.240. The Hall–Kier alpha value is -3.07. The lowest BCUT2D eigenvalue weighted by Gasteiger charge is -2.17. The summed E-state index contributed by atoms with van der Waals surface area (Å²) in [6.45, 7) is 3.67. The van der Waals surface area contributed by atoms with E-state index < -0.39 is 5.97 Å². The Bertz CT molecular complexity index is 1020. The molecule has 0 aliphatic heterocycles. The first-order chi connectivity index (χ1) is 13.5. The summed E-state index contributed by atoms with van der Waals surface area (Å²) < 4.78 is 0. The Balaban J connectivity index is 2.05. The molecule has 0 unspecified atom stereocenters. The van der Waals surface area contributed by atoms with Crippen molar-refractivity contribution in [3.05, 3.63) is 82.9 Å². The topological polar surface area (TPSA) is 57.5 Å². The Kier molecular flexibility index (Phi) is 6.15. The van der Waals surface area contributed by atoms with Crippen LogP contribution in [-0.4, -0.2) is 16.2 Å². The van der Waals surface area contributed by atoms with Crippen LogP contribution >= 0.6 is 0 Å². The van der Waals surface area contributed by atoms with E-state index in [0.29, 0.717) is 12.0 Å². The van der Waals surface area contributed by atoms with E-state index in [0.717, 1.165) is 46.7 Å². The third-order valence-corrected chi connectivity index (χ3v) is 5.30. The summed E-state index contributed by atoms with van der Waals surface area (Å²) in [5, 5.41) is 21.4. The molecule has 2 N–H and O–H groups in total. The van der Waals surface area contributed by atoms with Crippen molar-refractivity contribution in [1.82, 2.24) is 0 Å². The fourth-order valence-corrected chi connectivity index (χ4v) is 3.83. The third-order valence-electron chi connectivity index (χ3n) is 5.30. The average molecular weight is 374 g/mol. The number of aliphatic carboxylic acids is 1. The van der Waals surface area contributed by atoms with Crippen molar-refractivity contribution in [3.63, 3.8) is 0 Å². The number of benzene rings is 3. The van der Waals surface area contributed by atoms with Crippen molar-refractivity contribution in [3.8, 4) is 5.75 Å². The summed E-state index contributed by atoms with van der Waals surface area (Å²) in [7, 11) is 0. The van der Waals surface area contributed by atoms with Crippen molar-refractivity contribution >= 4 is 22.3 Å². The number of phenolic OH excluding ortho intramolecular Hbond substituents is 1. The minimum Gasteiger partial charge on any atom is -0.508 e. The van der Waals surface area contributed by atoms with Gasteiger partial charge >= 0.3 is 5.97 Å². The van der Waals surface area contributed by atoms with Gasteiger partial charge in [-0.25, -0.2) is 4.79 Å². The van der Waals surface area contributed by atoms with E-state index in [9.17, 15) is 15.0 Å². The van der Waals surface area contributed by atoms with Crippen LogP contribution in [-0.2, 0) is 17.6 Å². The lowest BCUT2D eigenvalue weighted by Crippen LogP contribution is -2.04. The second-order valence-corrected chi connectivity index (χ2v) is 7.10. The van der Waals surface area contributed by atoms with Gasteiger partial charge in [0.15, 0.2) is 0 Å². The van der Waals surface area contributed by atoms with Crippen LogP contribution in [0.2, 0.25) is 0 Å². The molecule has 3 rings (SSSR count). The van der Waals surface area contributed by atoms with Crippen LogP contribution in [0.25, 0.3) is 16.3 Å². The standard InChI is InChI=1S/C25H26O3/c1-3-21(17(2)25(27)28)24-14-12-19-16-20(26)13-15-22(19)23(24)11-7-10-18-8-5-4-6-9-18/h4-6,8-9,12-16,26H,3,7,10-11H2,1-2H3,(H,27,28)/b21-17+. The van der Waals surface area contributed by atoms with Crippen LogP contribution in [0.15, 0.2) is 66.2 Å². The molecular formula is C25H26O3. The normalized spacial score (nSPS) is 12.1. The van der Waals surface area contributed by atoms with E-state index in [1.165, 1.54) is 5.56 Å². The number of carboxylic acids is 1.